The van der Waals surface area contributed by atoms with Crippen molar-refractivity contribution in [2.45, 2.75) is 31.8 Å². The molecule has 5 aliphatic heterocycles. The molecular formula is C15H20N2O. The van der Waals surface area contributed by atoms with Crippen LogP contribution in [0, 0.1) is 5.92 Å². The number of nitrogens with zero attached hydrogens (tertiary/aromatic N) is 2. The van der Waals surface area contributed by atoms with Gasteiger partial charge in [-0.3, -0.25) is 4.90 Å². The normalized spacial score (nSPS) is 41.3. The van der Waals surface area contributed by atoms with Crippen LogP contribution in [0.5, 0.6) is 0 Å². The van der Waals surface area contributed by atoms with E-state index < -0.39 is 0 Å². The molecule has 96 valence electrons. The molecule has 18 heavy (non-hydrogen) atoms. The third-order valence-corrected chi connectivity index (χ3v) is 4.99. The summed E-state index contributed by atoms with van der Waals surface area (Å²) >= 11 is 0. The van der Waals surface area contributed by atoms with Gasteiger partial charge in [0.1, 0.15) is 12.4 Å². The Kier molecular flexibility index (Phi) is 2.31. The van der Waals surface area contributed by atoms with E-state index in [9.17, 15) is 0 Å². The van der Waals surface area contributed by atoms with Crippen LogP contribution >= 0.6 is 0 Å². The number of allylic oxidation sites excluding steroid dienone is 1. The van der Waals surface area contributed by atoms with Crippen molar-refractivity contribution in [2.75, 3.05) is 19.7 Å². The molecule has 0 saturated carbocycles. The minimum absolute atomic E-state index is 0.627. The van der Waals surface area contributed by atoms with Crippen molar-refractivity contribution in [1.82, 2.24) is 9.80 Å². The maximum atomic E-state index is 5.66. The fourth-order valence-electron chi connectivity index (χ4n) is 3.97. The average molecular weight is 244 g/mol. The van der Waals surface area contributed by atoms with Crippen LogP contribution in [0.25, 0.3) is 0 Å². The van der Waals surface area contributed by atoms with E-state index >= 15 is 0 Å². The zero-order valence-corrected chi connectivity index (χ0v) is 10.9. The first-order chi connectivity index (χ1) is 8.83. The minimum Gasteiger partial charge on any atom is -0.487 e. The SMILES string of the molecule is C[C@@H]1[C@H](N2C=CC3=CCOC3=C2)C2CCN1CC2. The van der Waals surface area contributed by atoms with Gasteiger partial charge in [0, 0.05) is 24.0 Å². The third-order valence-electron chi connectivity index (χ3n) is 4.99. The highest BCUT2D eigenvalue weighted by atomic mass is 16.5. The lowest BCUT2D eigenvalue weighted by Crippen LogP contribution is -2.60. The highest BCUT2D eigenvalue weighted by molar-refractivity contribution is 5.42. The number of fused-ring (bicyclic) bond motifs is 4. The Bertz CT molecular complexity index is 441. The molecule has 3 fully saturated rings. The summed E-state index contributed by atoms with van der Waals surface area (Å²) in [6.07, 6.45) is 11.5. The molecule has 3 nitrogen and oxygen atoms in total. The lowest BCUT2D eigenvalue weighted by molar-refractivity contribution is -0.00763. The molecule has 0 spiro atoms. The van der Waals surface area contributed by atoms with Gasteiger partial charge in [0.2, 0.25) is 0 Å². The van der Waals surface area contributed by atoms with E-state index in [1.54, 1.807) is 0 Å². The fourth-order valence-corrected chi connectivity index (χ4v) is 3.97. The average Bonchev–Trinajstić information content (AvgIpc) is 2.87. The van der Waals surface area contributed by atoms with E-state index in [1.807, 2.05) is 0 Å². The lowest BCUT2D eigenvalue weighted by atomic mass is 9.78. The van der Waals surface area contributed by atoms with E-state index in [4.69, 9.17) is 4.74 Å². The lowest BCUT2D eigenvalue weighted by Gasteiger charge is -2.53. The van der Waals surface area contributed by atoms with Gasteiger partial charge in [-0.1, -0.05) is 0 Å². The van der Waals surface area contributed by atoms with Gasteiger partial charge in [-0.05, 0) is 50.9 Å². The molecule has 0 aromatic heterocycles. The highest BCUT2D eigenvalue weighted by Crippen LogP contribution is 2.37. The Labute approximate surface area is 108 Å². The largest absolute Gasteiger partial charge is 0.487 e. The Morgan fingerprint density at radius 1 is 1.28 bits per heavy atom. The topological polar surface area (TPSA) is 15.7 Å². The fraction of sp³-hybridized carbons (Fsp3) is 0.600. The molecule has 2 bridgehead atoms. The van der Waals surface area contributed by atoms with Crippen LogP contribution in [0.3, 0.4) is 0 Å². The van der Waals surface area contributed by atoms with Crippen molar-refractivity contribution < 1.29 is 4.74 Å². The van der Waals surface area contributed by atoms with Crippen molar-refractivity contribution in [3.63, 3.8) is 0 Å². The van der Waals surface area contributed by atoms with Gasteiger partial charge in [0.25, 0.3) is 0 Å². The first kappa shape index (κ1) is 10.7. The smallest absolute Gasteiger partial charge is 0.143 e. The van der Waals surface area contributed by atoms with Gasteiger partial charge < -0.3 is 9.64 Å². The summed E-state index contributed by atoms with van der Waals surface area (Å²) in [6.45, 7) is 5.69. The first-order valence-electron chi connectivity index (χ1n) is 7.08. The molecule has 5 aliphatic rings. The van der Waals surface area contributed by atoms with Crippen LogP contribution in [-0.2, 0) is 4.74 Å². The second-order valence-corrected chi connectivity index (χ2v) is 5.83. The molecule has 5 rings (SSSR count). The van der Waals surface area contributed by atoms with Crippen molar-refractivity contribution in [3.05, 3.63) is 35.9 Å². The van der Waals surface area contributed by atoms with E-state index in [0.29, 0.717) is 12.1 Å². The Morgan fingerprint density at radius 3 is 2.89 bits per heavy atom. The zero-order chi connectivity index (χ0) is 12.1. The molecule has 0 aromatic carbocycles. The molecule has 0 amide bonds. The Balaban J connectivity index is 1.62. The zero-order valence-electron chi connectivity index (χ0n) is 10.9. The summed E-state index contributed by atoms with van der Waals surface area (Å²) in [7, 11) is 0. The van der Waals surface area contributed by atoms with E-state index in [-0.39, 0.29) is 0 Å². The van der Waals surface area contributed by atoms with Crippen LogP contribution in [0.2, 0.25) is 0 Å². The molecule has 3 heteroatoms. The predicted octanol–water partition coefficient (Wildman–Crippen LogP) is 2.10. The van der Waals surface area contributed by atoms with E-state index in [1.165, 1.54) is 31.5 Å². The summed E-state index contributed by atoms with van der Waals surface area (Å²) in [5.74, 6) is 1.90. The molecule has 0 unspecified atom stereocenters. The molecule has 0 aromatic rings. The summed E-state index contributed by atoms with van der Waals surface area (Å²) in [4.78, 5) is 5.04. The van der Waals surface area contributed by atoms with Crippen LogP contribution in [0.4, 0.5) is 0 Å². The summed E-state index contributed by atoms with van der Waals surface area (Å²) in [5, 5.41) is 0. The third kappa shape index (κ3) is 1.46. The van der Waals surface area contributed by atoms with Crippen LogP contribution in [-0.4, -0.2) is 41.6 Å². The van der Waals surface area contributed by atoms with Crippen molar-refractivity contribution in [2.24, 2.45) is 5.92 Å². The van der Waals surface area contributed by atoms with Gasteiger partial charge in [-0.25, -0.2) is 0 Å². The Hall–Kier alpha value is -1.22. The van der Waals surface area contributed by atoms with Gasteiger partial charge in [0.15, 0.2) is 0 Å². The second kappa shape index (κ2) is 3.89. The van der Waals surface area contributed by atoms with Crippen molar-refractivity contribution >= 4 is 0 Å². The van der Waals surface area contributed by atoms with Crippen LogP contribution in [0.1, 0.15) is 19.8 Å². The number of hydrogen-bond acceptors (Lipinski definition) is 3. The summed E-state index contributed by atoms with van der Waals surface area (Å²) in [6, 6.07) is 1.29. The van der Waals surface area contributed by atoms with Gasteiger partial charge in [-0.15, -0.1) is 0 Å². The number of rotatable bonds is 1. The Morgan fingerprint density at radius 2 is 2.11 bits per heavy atom. The van der Waals surface area contributed by atoms with Crippen LogP contribution in [0.15, 0.2) is 35.9 Å². The highest BCUT2D eigenvalue weighted by Gasteiger charge is 2.42. The van der Waals surface area contributed by atoms with E-state index in [0.717, 1.165) is 18.3 Å². The number of ether oxygens (including phenoxy) is 1. The van der Waals surface area contributed by atoms with Crippen molar-refractivity contribution in [1.29, 1.82) is 0 Å². The minimum atomic E-state index is 0.627. The van der Waals surface area contributed by atoms with Gasteiger partial charge in [0.05, 0.1) is 6.04 Å². The number of hydrogen-bond donors (Lipinski definition) is 0. The number of piperidine rings is 3. The van der Waals surface area contributed by atoms with Crippen molar-refractivity contribution in [3.8, 4) is 0 Å². The molecule has 0 N–H and O–H groups in total. The molecule has 0 radical (unpaired) electrons. The maximum absolute atomic E-state index is 5.66. The van der Waals surface area contributed by atoms with E-state index in [2.05, 4.69) is 41.3 Å². The molecule has 3 saturated heterocycles. The second-order valence-electron chi connectivity index (χ2n) is 5.83. The summed E-state index contributed by atoms with van der Waals surface area (Å²) < 4.78 is 5.66. The van der Waals surface area contributed by atoms with Crippen LogP contribution < -0.4 is 0 Å². The predicted molar refractivity (Wildman–Crippen MR) is 70.6 cm³/mol. The van der Waals surface area contributed by atoms with Gasteiger partial charge in [-0.2, -0.15) is 0 Å². The first-order valence-corrected chi connectivity index (χ1v) is 7.08. The standard InChI is InChI=1S/C15H20N2O/c1-11-15(13-3-6-16(11)7-4-13)17-8-2-12-5-9-18-14(12)10-17/h2,5,8,10-11,13,15H,3-4,6-7,9H2,1H3/t11-,15+/m1/s1. The quantitative estimate of drug-likeness (QED) is 0.702. The maximum Gasteiger partial charge on any atom is 0.143 e. The van der Waals surface area contributed by atoms with Gasteiger partial charge >= 0.3 is 0 Å². The molecule has 2 atom stereocenters. The summed E-state index contributed by atoms with van der Waals surface area (Å²) in [5.41, 5.74) is 1.25. The monoisotopic (exact) mass is 244 g/mol. The molecule has 5 heterocycles. The molecular weight excluding hydrogens is 224 g/mol. The molecule has 0 aliphatic carbocycles.